The number of hydrogen-bond donors (Lipinski definition) is 0. The van der Waals surface area contributed by atoms with Gasteiger partial charge in [-0.2, -0.15) is 0 Å². The van der Waals surface area contributed by atoms with Gasteiger partial charge in [-0.1, -0.05) is 15.9 Å². The van der Waals surface area contributed by atoms with Crippen LogP contribution in [0.1, 0.15) is 6.42 Å². The fourth-order valence-corrected chi connectivity index (χ4v) is 3.68. The molecule has 0 spiro atoms. The topological polar surface area (TPSA) is 21.8 Å². The van der Waals surface area contributed by atoms with Crippen molar-refractivity contribution in [2.75, 3.05) is 13.2 Å². The molecule has 1 heterocycles. The summed E-state index contributed by atoms with van der Waals surface area (Å²) in [5, 5.41) is 0. The molecule has 1 aromatic carbocycles. The van der Waals surface area contributed by atoms with Gasteiger partial charge in [0.25, 0.3) is 0 Å². The van der Waals surface area contributed by atoms with Gasteiger partial charge < -0.3 is 9.47 Å². The molecule has 0 amide bonds. The Morgan fingerprint density at radius 1 is 1.27 bits per heavy atom. The van der Waals surface area contributed by atoms with Crippen molar-refractivity contribution in [1.29, 1.82) is 0 Å². The van der Waals surface area contributed by atoms with Gasteiger partial charge in [0.2, 0.25) is 0 Å². The molecule has 0 bridgehead atoms. The Morgan fingerprint density at radius 3 is 2.40 bits per heavy atom. The maximum absolute atomic E-state index is 5.68. The van der Waals surface area contributed by atoms with Crippen LogP contribution in [0.3, 0.4) is 0 Å². The van der Waals surface area contributed by atoms with Crippen LogP contribution < -0.4 is 4.74 Å². The number of benzene rings is 1. The third-order valence-electron chi connectivity index (χ3n) is 2.05. The summed E-state index contributed by atoms with van der Waals surface area (Å²) in [7, 11) is 0. The summed E-state index contributed by atoms with van der Waals surface area (Å²) in [6.45, 7) is 1.57. The Balaban J connectivity index is 1.99. The minimum absolute atomic E-state index is 0.415. The lowest BCUT2D eigenvalue weighted by atomic mass is 10.3. The molecule has 1 aliphatic heterocycles. The minimum atomic E-state index is 0.415. The maximum Gasteiger partial charge on any atom is 0.147 e. The van der Waals surface area contributed by atoms with E-state index in [1.54, 1.807) is 0 Å². The number of ether oxygens (including phenoxy) is 2. The van der Waals surface area contributed by atoms with Gasteiger partial charge in [-0.15, -0.1) is 0 Å². The summed E-state index contributed by atoms with van der Waals surface area (Å²) in [5.41, 5.74) is 0. The fraction of sp³-hybridized carbons (Fsp3) is 0.400. The van der Waals surface area contributed by atoms with Gasteiger partial charge in [0, 0.05) is 10.9 Å². The second kappa shape index (κ2) is 5.17. The molecule has 1 saturated heterocycles. The van der Waals surface area contributed by atoms with E-state index in [1.807, 2.05) is 12.1 Å². The average molecular weight is 401 g/mol. The first kappa shape index (κ1) is 11.9. The lowest BCUT2D eigenvalue weighted by Gasteiger charge is -2.10. The standard InChI is InChI=1S/C10H9Br3O2/c11-6-3-8(12)10(9(13)4-6)14-2-1-7-5-15-7/h3-4,7H,1-2,5H2. The molecule has 1 unspecified atom stereocenters. The zero-order valence-electron chi connectivity index (χ0n) is 7.80. The normalized spacial score (nSPS) is 19.0. The summed E-state index contributed by atoms with van der Waals surface area (Å²) >= 11 is 10.3. The molecule has 1 atom stereocenters. The molecule has 2 rings (SSSR count). The van der Waals surface area contributed by atoms with Crippen LogP contribution in [-0.2, 0) is 4.74 Å². The monoisotopic (exact) mass is 398 g/mol. The first-order valence-electron chi connectivity index (χ1n) is 4.56. The van der Waals surface area contributed by atoms with Crippen molar-refractivity contribution in [3.8, 4) is 5.75 Å². The largest absolute Gasteiger partial charge is 0.491 e. The Kier molecular flexibility index (Phi) is 4.10. The van der Waals surface area contributed by atoms with Crippen LogP contribution in [0.4, 0.5) is 0 Å². The number of epoxide rings is 1. The molecule has 1 aromatic rings. The molecule has 1 aliphatic rings. The quantitative estimate of drug-likeness (QED) is 0.708. The van der Waals surface area contributed by atoms with E-state index in [2.05, 4.69) is 47.8 Å². The highest BCUT2D eigenvalue weighted by Crippen LogP contribution is 2.36. The van der Waals surface area contributed by atoms with E-state index in [9.17, 15) is 0 Å². The third kappa shape index (κ3) is 3.44. The molecule has 82 valence electrons. The molecule has 1 fully saturated rings. The summed E-state index contributed by atoms with van der Waals surface area (Å²) in [5.74, 6) is 0.846. The van der Waals surface area contributed by atoms with Gasteiger partial charge in [0.1, 0.15) is 5.75 Å². The summed E-state index contributed by atoms with van der Waals surface area (Å²) in [4.78, 5) is 0. The average Bonchev–Trinajstić information content (AvgIpc) is 2.93. The van der Waals surface area contributed by atoms with Gasteiger partial charge in [0.05, 0.1) is 28.3 Å². The van der Waals surface area contributed by atoms with E-state index in [0.717, 1.165) is 32.2 Å². The second-order valence-electron chi connectivity index (χ2n) is 3.29. The second-order valence-corrected chi connectivity index (χ2v) is 5.92. The van der Waals surface area contributed by atoms with E-state index < -0.39 is 0 Å². The molecule has 0 saturated carbocycles. The molecule has 0 radical (unpaired) electrons. The highest BCUT2D eigenvalue weighted by Gasteiger charge is 2.22. The highest BCUT2D eigenvalue weighted by atomic mass is 79.9. The maximum atomic E-state index is 5.68. The van der Waals surface area contributed by atoms with Gasteiger partial charge in [-0.05, 0) is 44.0 Å². The van der Waals surface area contributed by atoms with Crippen LogP contribution in [0.25, 0.3) is 0 Å². The van der Waals surface area contributed by atoms with Crippen molar-refractivity contribution in [3.63, 3.8) is 0 Å². The van der Waals surface area contributed by atoms with Gasteiger partial charge in [0.15, 0.2) is 0 Å². The molecule has 0 aromatic heterocycles. The molecule has 2 nitrogen and oxygen atoms in total. The predicted molar refractivity (Wildman–Crippen MR) is 69.4 cm³/mol. The minimum Gasteiger partial charge on any atom is -0.491 e. The first-order valence-corrected chi connectivity index (χ1v) is 6.93. The van der Waals surface area contributed by atoms with Gasteiger partial charge >= 0.3 is 0 Å². The zero-order valence-corrected chi connectivity index (χ0v) is 12.6. The number of rotatable bonds is 4. The summed E-state index contributed by atoms with van der Waals surface area (Å²) < 4.78 is 13.7. The van der Waals surface area contributed by atoms with Crippen molar-refractivity contribution in [2.45, 2.75) is 12.5 Å². The van der Waals surface area contributed by atoms with E-state index in [4.69, 9.17) is 9.47 Å². The van der Waals surface area contributed by atoms with Crippen molar-refractivity contribution >= 4 is 47.8 Å². The molecular weight excluding hydrogens is 392 g/mol. The van der Waals surface area contributed by atoms with Crippen molar-refractivity contribution in [1.82, 2.24) is 0 Å². The molecule has 0 N–H and O–H groups in total. The van der Waals surface area contributed by atoms with Crippen molar-refractivity contribution in [3.05, 3.63) is 25.6 Å². The fourth-order valence-electron chi connectivity index (χ4n) is 1.19. The predicted octanol–water partition coefficient (Wildman–Crippen LogP) is 4.14. The van der Waals surface area contributed by atoms with Crippen LogP contribution in [0.15, 0.2) is 25.6 Å². The summed E-state index contributed by atoms with van der Waals surface area (Å²) in [6, 6.07) is 3.93. The molecule has 5 heteroatoms. The van der Waals surface area contributed by atoms with Crippen molar-refractivity contribution < 1.29 is 9.47 Å². The van der Waals surface area contributed by atoms with Crippen LogP contribution >= 0.6 is 47.8 Å². The zero-order chi connectivity index (χ0) is 10.8. The molecule has 15 heavy (non-hydrogen) atoms. The van der Waals surface area contributed by atoms with E-state index in [1.165, 1.54) is 0 Å². The number of hydrogen-bond acceptors (Lipinski definition) is 2. The highest BCUT2D eigenvalue weighted by molar-refractivity contribution is 9.11. The van der Waals surface area contributed by atoms with Gasteiger partial charge in [-0.25, -0.2) is 0 Å². The van der Waals surface area contributed by atoms with E-state index >= 15 is 0 Å². The van der Waals surface area contributed by atoms with E-state index in [0.29, 0.717) is 12.7 Å². The SMILES string of the molecule is Brc1cc(Br)c(OCCC2CO2)c(Br)c1. The van der Waals surface area contributed by atoms with Crippen LogP contribution in [0.5, 0.6) is 5.75 Å². The molecule has 0 aliphatic carbocycles. The number of halogens is 3. The Bertz CT molecular complexity index is 341. The lowest BCUT2D eigenvalue weighted by Crippen LogP contribution is -2.02. The Morgan fingerprint density at radius 2 is 1.87 bits per heavy atom. The molecular formula is C10H9Br3O2. The summed E-state index contributed by atoms with van der Waals surface area (Å²) in [6.07, 6.45) is 1.37. The van der Waals surface area contributed by atoms with Crippen molar-refractivity contribution in [2.24, 2.45) is 0 Å². The van der Waals surface area contributed by atoms with E-state index in [-0.39, 0.29) is 0 Å². The van der Waals surface area contributed by atoms with Crippen LogP contribution in [0, 0.1) is 0 Å². The van der Waals surface area contributed by atoms with Crippen LogP contribution in [-0.4, -0.2) is 19.3 Å². The van der Waals surface area contributed by atoms with Gasteiger partial charge in [-0.3, -0.25) is 0 Å². The van der Waals surface area contributed by atoms with Crippen LogP contribution in [0.2, 0.25) is 0 Å². The lowest BCUT2D eigenvalue weighted by molar-refractivity contribution is 0.280. The first-order chi connectivity index (χ1) is 7.16. The third-order valence-corrected chi connectivity index (χ3v) is 3.69. The smallest absolute Gasteiger partial charge is 0.147 e. The Labute approximate surface area is 114 Å². The Hall–Kier alpha value is 0.420.